The highest BCUT2D eigenvalue weighted by molar-refractivity contribution is 7.90. The number of ether oxygens (including phenoxy) is 1. The Labute approximate surface area is 241 Å². The average Bonchev–Trinajstić information content (AvgIpc) is 3.77. The molecule has 1 saturated carbocycles. The summed E-state index contributed by atoms with van der Waals surface area (Å²) in [6.07, 6.45) is 2.26. The number of likely N-dealkylation sites (N-methyl/N-ethyl adjacent to an activating group) is 1. The van der Waals surface area contributed by atoms with Gasteiger partial charge in [-0.05, 0) is 61.1 Å². The lowest BCUT2D eigenvalue weighted by Crippen LogP contribution is -2.56. The lowest BCUT2D eigenvalue weighted by molar-refractivity contribution is -0.159. The molecule has 0 aromatic heterocycles. The summed E-state index contributed by atoms with van der Waals surface area (Å²) in [5, 5.41) is 0.798. The van der Waals surface area contributed by atoms with Crippen LogP contribution in [0.5, 0.6) is 0 Å². The number of rotatable bonds is 10. The monoisotopic (exact) mass is 594 g/mol. The normalized spacial score (nSPS) is 23.5. The number of carbonyl (C=O) groups excluding carboxylic acids is 2. The fourth-order valence-electron chi connectivity index (χ4n) is 5.74. The van der Waals surface area contributed by atoms with Crippen LogP contribution in [0.2, 0.25) is 10.0 Å². The number of hydrogen-bond acceptors (Lipinski definition) is 5. The van der Waals surface area contributed by atoms with Crippen molar-refractivity contribution in [3.05, 3.63) is 69.7 Å². The highest BCUT2D eigenvalue weighted by atomic mass is 35.5. The van der Waals surface area contributed by atoms with Crippen molar-refractivity contribution in [1.29, 1.82) is 0 Å². The highest BCUT2D eigenvalue weighted by Gasteiger charge is 2.49. The van der Waals surface area contributed by atoms with Crippen LogP contribution in [0.3, 0.4) is 0 Å². The maximum absolute atomic E-state index is 14.4. The zero-order chi connectivity index (χ0) is 28.5. The van der Waals surface area contributed by atoms with E-state index in [1.54, 1.807) is 32.2 Å². The Morgan fingerprint density at radius 3 is 2.33 bits per heavy atom. The molecule has 0 N–H and O–H groups in total. The zero-order valence-electron chi connectivity index (χ0n) is 22.7. The standard InChI is InChI=1S/C29H36Cl2N2O5S/c1-5-23(17-32(3)39(36,37)24-13-14-24)33-27(19-9-11-21(30)12-10-19)26(20-7-6-8-22(31)15-20)16-25(28(33)34)18(2)29(35)38-4/h6-12,15,18,23-27H,5,13-14,16-17H2,1-4H3. The number of benzene rings is 2. The Kier molecular flexibility index (Phi) is 9.31. The van der Waals surface area contributed by atoms with Gasteiger partial charge in [-0.25, -0.2) is 12.7 Å². The summed E-state index contributed by atoms with van der Waals surface area (Å²) < 4.78 is 32.5. The van der Waals surface area contributed by atoms with E-state index in [2.05, 4.69) is 0 Å². The number of methoxy groups -OCH3 is 1. The van der Waals surface area contributed by atoms with Gasteiger partial charge in [-0.1, -0.05) is 61.3 Å². The fourth-order valence-corrected chi connectivity index (χ4v) is 7.69. The van der Waals surface area contributed by atoms with Crippen LogP contribution >= 0.6 is 23.2 Å². The van der Waals surface area contributed by atoms with Gasteiger partial charge in [0, 0.05) is 35.6 Å². The molecule has 1 saturated heterocycles. The van der Waals surface area contributed by atoms with Gasteiger partial charge in [0.1, 0.15) is 0 Å². The molecule has 2 fully saturated rings. The molecule has 7 nitrogen and oxygen atoms in total. The van der Waals surface area contributed by atoms with E-state index in [0.29, 0.717) is 35.7 Å². The first kappa shape index (κ1) is 29.8. The highest BCUT2D eigenvalue weighted by Crippen LogP contribution is 2.48. The summed E-state index contributed by atoms with van der Waals surface area (Å²) in [6.45, 7) is 3.83. The van der Waals surface area contributed by atoms with Crippen molar-refractivity contribution in [2.24, 2.45) is 11.8 Å². The van der Waals surface area contributed by atoms with Gasteiger partial charge in [0.2, 0.25) is 15.9 Å². The summed E-state index contributed by atoms with van der Waals surface area (Å²) in [7, 11) is -0.538. The third kappa shape index (κ3) is 6.29. The maximum Gasteiger partial charge on any atom is 0.309 e. The van der Waals surface area contributed by atoms with Crippen LogP contribution in [-0.2, 0) is 24.3 Å². The van der Waals surface area contributed by atoms with Crippen molar-refractivity contribution >= 4 is 45.1 Å². The minimum absolute atomic E-state index is 0.159. The number of sulfonamides is 1. The Morgan fingerprint density at radius 2 is 1.77 bits per heavy atom. The number of esters is 1. The molecule has 1 amide bonds. The largest absolute Gasteiger partial charge is 0.469 e. The molecule has 5 unspecified atom stereocenters. The molecule has 10 heteroatoms. The molecule has 5 atom stereocenters. The average molecular weight is 596 g/mol. The quantitative estimate of drug-likeness (QED) is 0.330. The second-order valence-corrected chi connectivity index (χ2v) is 13.8. The van der Waals surface area contributed by atoms with Gasteiger partial charge >= 0.3 is 5.97 Å². The molecule has 1 heterocycles. The molecular formula is C29H36Cl2N2O5S. The van der Waals surface area contributed by atoms with Crippen LogP contribution in [0.4, 0.5) is 0 Å². The van der Waals surface area contributed by atoms with Crippen molar-refractivity contribution in [1.82, 2.24) is 9.21 Å². The van der Waals surface area contributed by atoms with E-state index in [1.165, 1.54) is 11.4 Å². The van der Waals surface area contributed by atoms with Crippen LogP contribution in [0.25, 0.3) is 0 Å². The molecule has 4 rings (SSSR count). The Hall–Kier alpha value is -2.13. The minimum Gasteiger partial charge on any atom is -0.469 e. The van der Waals surface area contributed by atoms with Crippen molar-refractivity contribution in [3.8, 4) is 0 Å². The molecule has 2 aromatic carbocycles. The number of likely N-dealkylation sites (tertiary alicyclic amines) is 1. The van der Waals surface area contributed by atoms with Gasteiger partial charge in [0.25, 0.3) is 0 Å². The van der Waals surface area contributed by atoms with E-state index in [9.17, 15) is 18.0 Å². The topological polar surface area (TPSA) is 84.0 Å². The molecule has 212 valence electrons. The van der Waals surface area contributed by atoms with Crippen LogP contribution in [0.15, 0.2) is 48.5 Å². The van der Waals surface area contributed by atoms with Crippen molar-refractivity contribution in [3.63, 3.8) is 0 Å². The van der Waals surface area contributed by atoms with Crippen molar-refractivity contribution in [2.75, 3.05) is 20.7 Å². The number of hydrogen-bond donors (Lipinski definition) is 0. The second-order valence-electron chi connectivity index (χ2n) is 10.6. The van der Waals surface area contributed by atoms with Gasteiger partial charge in [-0.3, -0.25) is 9.59 Å². The number of amides is 1. The third-order valence-electron chi connectivity index (χ3n) is 8.14. The Morgan fingerprint density at radius 1 is 1.10 bits per heavy atom. The predicted octanol–water partition coefficient (Wildman–Crippen LogP) is 5.68. The van der Waals surface area contributed by atoms with Crippen molar-refractivity contribution in [2.45, 2.75) is 62.8 Å². The van der Waals surface area contributed by atoms with Crippen molar-refractivity contribution < 1.29 is 22.7 Å². The minimum atomic E-state index is -3.45. The van der Waals surface area contributed by atoms with E-state index in [4.69, 9.17) is 27.9 Å². The summed E-state index contributed by atoms with van der Waals surface area (Å²) in [6, 6.07) is 14.1. The third-order valence-corrected chi connectivity index (χ3v) is 11.0. The smallest absolute Gasteiger partial charge is 0.309 e. The Bertz CT molecular complexity index is 1300. The fraction of sp³-hybridized carbons (Fsp3) is 0.517. The van der Waals surface area contributed by atoms with E-state index >= 15 is 0 Å². The molecular weight excluding hydrogens is 559 g/mol. The molecule has 39 heavy (non-hydrogen) atoms. The number of halogens is 2. The Balaban J connectivity index is 1.85. The van der Waals surface area contributed by atoms with Gasteiger partial charge in [-0.2, -0.15) is 0 Å². The summed E-state index contributed by atoms with van der Waals surface area (Å²) in [4.78, 5) is 28.8. The lowest BCUT2D eigenvalue weighted by Gasteiger charge is -2.49. The first-order chi connectivity index (χ1) is 18.5. The summed E-state index contributed by atoms with van der Waals surface area (Å²) in [5.74, 6) is -2.17. The summed E-state index contributed by atoms with van der Waals surface area (Å²) >= 11 is 12.6. The van der Waals surface area contributed by atoms with Crippen LogP contribution in [0, 0.1) is 11.8 Å². The van der Waals surface area contributed by atoms with Gasteiger partial charge in [-0.15, -0.1) is 0 Å². The molecule has 1 aliphatic carbocycles. The molecule has 2 aromatic rings. The van der Waals surface area contributed by atoms with Gasteiger partial charge in [0.15, 0.2) is 0 Å². The maximum atomic E-state index is 14.4. The van der Waals surface area contributed by atoms with Crippen LogP contribution in [-0.4, -0.2) is 61.5 Å². The van der Waals surface area contributed by atoms with Crippen LogP contribution in [0.1, 0.15) is 62.6 Å². The zero-order valence-corrected chi connectivity index (χ0v) is 25.0. The molecule has 0 spiro atoms. The number of nitrogens with zero attached hydrogens (tertiary/aromatic N) is 2. The summed E-state index contributed by atoms with van der Waals surface area (Å²) in [5.41, 5.74) is 1.82. The van der Waals surface area contributed by atoms with E-state index < -0.39 is 39.9 Å². The van der Waals surface area contributed by atoms with Gasteiger partial charge in [0.05, 0.1) is 30.2 Å². The predicted molar refractivity (Wildman–Crippen MR) is 153 cm³/mol. The first-order valence-corrected chi connectivity index (χ1v) is 15.6. The van der Waals surface area contributed by atoms with Crippen LogP contribution < -0.4 is 0 Å². The molecule has 0 radical (unpaired) electrons. The molecule has 2 aliphatic rings. The lowest BCUT2D eigenvalue weighted by atomic mass is 9.71. The molecule has 1 aliphatic heterocycles. The van der Waals surface area contributed by atoms with E-state index in [1.807, 2.05) is 42.2 Å². The SMILES string of the molecule is CCC(CN(C)S(=O)(=O)C1CC1)N1C(=O)C(C(C)C(=O)OC)CC(c2cccc(Cl)c2)C1c1ccc(Cl)cc1. The number of piperidine rings is 1. The first-order valence-electron chi connectivity index (χ1n) is 13.4. The van der Waals surface area contributed by atoms with E-state index in [0.717, 1.165) is 11.1 Å². The molecule has 0 bridgehead atoms. The second kappa shape index (κ2) is 12.2. The number of carbonyl (C=O) groups is 2. The van der Waals surface area contributed by atoms with Gasteiger partial charge < -0.3 is 9.64 Å². The van der Waals surface area contributed by atoms with E-state index in [-0.39, 0.29) is 23.6 Å².